The molecule has 1 aromatic rings. The molecule has 19 heteroatoms. The molecule has 0 bridgehead atoms. The lowest BCUT2D eigenvalue weighted by Crippen LogP contribution is -2.63. The van der Waals surface area contributed by atoms with E-state index in [0.29, 0.717) is 18.4 Å². The first kappa shape index (κ1) is 52.4. The molecule has 63 heavy (non-hydrogen) atoms. The van der Waals surface area contributed by atoms with Gasteiger partial charge in [0.25, 0.3) is 0 Å². The van der Waals surface area contributed by atoms with Crippen LogP contribution < -0.4 is 0 Å². The van der Waals surface area contributed by atoms with E-state index in [1.165, 1.54) is 31.2 Å². The van der Waals surface area contributed by atoms with Crippen LogP contribution in [0.5, 0.6) is 0 Å². The predicted octanol–water partition coefficient (Wildman–Crippen LogP) is 1.83. The van der Waals surface area contributed by atoms with E-state index in [-0.39, 0.29) is 37.7 Å². The van der Waals surface area contributed by atoms with E-state index < -0.39 is 122 Å². The number of ether oxygens (including phenoxy) is 8. The van der Waals surface area contributed by atoms with Crippen molar-refractivity contribution < 1.29 is 72.7 Å². The van der Waals surface area contributed by atoms with Crippen LogP contribution in [0, 0.1) is 23.7 Å². The molecule has 4 N–H and O–H groups in total. The monoisotopic (exact) mass is 896 g/mol. The largest absolute Gasteiger partial charge is 0.462 e. The second-order valence-electron chi connectivity index (χ2n) is 17.3. The summed E-state index contributed by atoms with van der Waals surface area (Å²) in [5.41, 5.74) is 0.722. The van der Waals surface area contributed by atoms with E-state index in [0.717, 1.165) is 0 Å². The van der Waals surface area contributed by atoms with Crippen molar-refractivity contribution in [1.29, 1.82) is 0 Å². The average molecular weight is 897 g/mol. The maximum Gasteiger partial charge on any atom is 0.360 e. The molecule has 0 spiro atoms. The number of hydrogen-bond acceptors (Lipinski definition) is 18. The van der Waals surface area contributed by atoms with Gasteiger partial charge in [-0.3, -0.25) is 14.3 Å². The molecule has 0 amide bonds. The van der Waals surface area contributed by atoms with Gasteiger partial charge < -0.3 is 63.2 Å². The summed E-state index contributed by atoms with van der Waals surface area (Å²) >= 11 is 0. The Kier molecular flexibility index (Phi) is 20.3. The second kappa shape index (κ2) is 24.4. The van der Waals surface area contributed by atoms with Crippen LogP contribution in [-0.4, -0.2) is 179 Å². The molecular formula is C44H72N4O15. The minimum atomic E-state index is -1.33. The zero-order valence-electron chi connectivity index (χ0n) is 38.6. The molecule has 4 heterocycles. The van der Waals surface area contributed by atoms with Crippen LogP contribution in [0.15, 0.2) is 30.0 Å². The van der Waals surface area contributed by atoms with Gasteiger partial charge in [0.2, 0.25) is 0 Å². The minimum absolute atomic E-state index is 0.000522. The number of aromatic nitrogens is 3. The topological polar surface area (TPSA) is 240 Å². The van der Waals surface area contributed by atoms with Crippen LogP contribution in [0.25, 0.3) is 0 Å². The number of carbonyl (C=O) groups excluding carboxylic acids is 3. The number of nitrogens with zero attached hydrogens (tertiary/aromatic N) is 4. The van der Waals surface area contributed by atoms with Crippen molar-refractivity contribution in [2.24, 2.45) is 23.7 Å². The summed E-state index contributed by atoms with van der Waals surface area (Å²) in [5, 5.41) is 53.2. The van der Waals surface area contributed by atoms with E-state index in [9.17, 15) is 34.8 Å². The first-order chi connectivity index (χ1) is 29.8. The van der Waals surface area contributed by atoms with E-state index in [4.69, 9.17) is 37.9 Å². The van der Waals surface area contributed by atoms with E-state index in [1.807, 2.05) is 19.9 Å². The van der Waals surface area contributed by atoms with Crippen molar-refractivity contribution in [3.63, 3.8) is 0 Å². The second-order valence-corrected chi connectivity index (χ2v) is 17.3. The highest BCUT2D eigenvalue weighted by atomic mass is 16.7. The smallest absolute Gasteiger partial charge is 0.360 e. The van der Waals surface area contributed by atoms with Crippen LogP contribution in [-0.2, 0) is 54.0 Å². The minimum Gasteiger partial charge on any atom is -0.462 e. The Morgan fingerprint density at radius 3 is 2.22 bits per heavy atom. The summed E-state index contributed by atoms with van der Waals surface area (Å²) in [5.74, 6) is -3.94. The fourth-order valence-electron chi connectivity index (χ4n) is 8.69. The third-order valence-electron chi connectivity index (χ3n) is 12.5. The van der Waals surface area contributed by atoms with Crippen molar-refractivity contribution in [1.82, 2.24) is 19.9 Å². The summed E-state index contributed by atoms with van der Waals surface area (Å²) in [6, 6.07) is -0.763. The number of rotatable bonds is 14. The van der Waals surface area contributed by atoms with Crippen LogP contribution in [0.2, 0.25) is 0 Å². The Labute approximate surface area is 370 Å². The van der Waals surface area contributed by atoms with Gasteiger partial charge in [0.15, 0.2) is 24.1 Å². The number of likely N-dealkylation sites (N-methyl/N-ethyl adjacent to an activating group) is 1. The summed E-state index contributed by atoms with van der Waals surface area (Å²) < 4.78 is 48.8. The highest BCUT2D eigenvalue weighted by Gasteiger charge is 2.48. The fraction of sp³-hybridized carbons (Fsp3) is 0.795. The highest BCUT2D eigenvalue weighted by Crippen LogP contribution is 2.35. The molecule has 17 atom stereocenters. The molecule has 3 aliphatic rings. The third-order valence-corrected chi connectivity index (χ3v) is 12.5. The normalized spacial score (nSPS) is 39.0. The highest BCUT2D eigenvalue weighted by molar-refractivity contribution is 5.91. The zero-order chi connectivity index (χ0) is 46.7. The van der Waals surface area contributed by atoms with Gasteiger partial charge in [0, 0.05) is 38.5 Å². The number of aliphatic hydroxyl groups is 4. The number of ketones is 1. The van der Waals surface area contributed by atoms with Gasteiger partial charge in [0.05, 0.1) is 62.4 Å². The number of aryl methyl sites for hydroxylation is 1. The van der Waals surface area contributed by atoms with Crippen molar-refractivity contribution in [2.45, 2.75) is 160 Å². The Bertz CT molecular complexity index is 1670. The number of aliphatic hydroxyl groups excluding tert-OH is 4. The fourth-order valence-corrected chi connectivity index (χ4v) is 8.69. The standard InChI is InChI=1S/C44H72N4O15/c1-12-33-29(22-59-44-41(57-11)40(56-10)37(53)27(7)61-44)18-23(3)14-15-31(49)24(4)19-28(16-17-48-21-30(45-46-48)42(55)58-13-2)39(25(5)32(50)20-34(51)62-33)63-43-38(54)35(47(8)9)36(52)26(6)60-43/h14-15,18,21,24-29,32-33,35-41,43-44,50,52-54H,12-13,16-17,19-20,22H2,1-11H3/b15-14+,23-18+/t24-,25+,26-,27-,28+,29-,32-,33-,35+,36-,37-,38-,39-,40-,41-,43+,44-/m1/s1. The summed E-state index contributed by atoms with van der Waals surface area (Å²) in [4.78, 5) is 41.8. The van der Waals surface area contributed by atoms with Gasteiger partial charge >= 0.3 is 11.9 Å². The number of cyclic esters (lactones) is 1. The Morgan fingerprint density at radius 1 is 0.921 bits per heavy atom. The molecule has 19 nitrogen and oxygen atoms in total. The number of carbonyl (C=O) groups is 3. The third kappa shape index (κ3) is 13.7. The number of methoxy groups -OCH3 is 2. The van der Waals surface area contributed by atoms with Crippen molar-refractivity contribution in [2.75, 3.05) is 41.5 Å². The molecule has 4 rings (SSSR count). The van der Waals surface area contributed by atoms with Gasteiger partial charge in [-0.25, -0.2) is 4.79 Å². The molecule has 2 saturated heterocycles. The first-order valence-corrected chi connectivity index (χ1v) is 22.0. The Hall–Kier alpha value is -3.21. The van der Waals surface area contributed by atoms with Crippen LogP contribution >= 0.6 is 0 Å². The molecule has 0 saturated carbocycles. The zero-order valence-corrected chi connectivity index (χ0v) is 38.6. The van der Waals surface area contributed by atoms with Crippen molar-refractivity contribution >= 4 is 17.7 Å². The summed E-state index contributed by atoms with van der Waals surface area (Å²) in [6.07, 6.45) is -4.40. The molecule has 3 aliphatic heterocycles. The van der Waals surface area contributed by atoms with Gasteiger partial charge in [-0.15, -0.1) is 5.10 Å². The summed E-state index contributed by atoms with van der Waals surface area (Å²) in [6.45, 7) is 12.6. The van der Waals surface area contributed by atoms with E-state index in [1.54, 1.807) is 59.7 Å². The SMILES string of the molecule is CCOC(=O)c1cn(CC[C@H]2C[C@@H](C)C(=O)/C=C/C(C)=C/[C@H](CO[C@@H]3O[C@H](C)[C@@H](O)[C@@H](OC)[C@H]3OC)[C@@H](CC)OC(=O)C[C@@H](O)[C@H](C)[C@H]2O[C@@H]2O[C@H](C)[C@@H](O)[C@H](N(C)C)[C@H]2O)nn1. The quantitative estimate of drug-likeness (QED) is 0.195. The Morgan fingerprint density at radius 2 is 1.59 bits per heavy atom. The van der Waals surface area contributed by atoms with E-state index in [2.05, 4.69) is 10.3 Å². The predicted molar refractivity (Wildman–Crippen MR) is 226 cm³/mol. The van der Waals surface area contributed by atoms with Crippen molar-refractivity contribution in [3.05, 3.63) is 35.7 Å². The van der Waals surface area contributed by atoms with Gasteiger partial charge in [0.1, 0.15) is 30.5 Å². The molecule has 358 valence electrons. The van der Waals surface area contributed by atoms with Crippen LogP contribution in [0.1, 0.15) is 84.6 Å². The lowest BCUT2D eigenvalue weighted by atomic mass is 9.79. The number of hydrogen-bond donors (Lipinski definition) is 4. The van der Waals surface area contributed by atoms with Gasteiger partial charge in [-0.1, -0.05) is 43.7 Å². The van der Waals surface area contributed by atoms with Gasteiger partial charge in [-0.2, -0.15) is 0 Å². The molecule has 0 unspecified atom stereocenters. The lowest BCUT2D eigenvalue weighted by Gasteiger charge is -2.46. The number of allylic oxidation sites excluding steroid dienone is 3. The van der Waals surface area contributed by atoms with Crippen LogP contribution in [0.3, 0.4) is 0 Å². The average Bonchev–Trinajstić information content (AvgIpc) is 3.72. The maximum atomic E-state index is 13.9. The summed E-state index contributed by atoms with van der Waals surface area (Å²) in [7, 11) is 6.38. The Balaban J connectivity index is 1.70. The molecule has 0 radical (unpaired) electrons. The molecule has 2 fully saturated rings. The molecular weight excluding hydrogens is 824 g/mol. The van der Waals surface area contributed by atoms with Crippen molar-refractivity contribution in [3.8, 4) is 0 Å². The van der Waals surface area contributed by atoms with E-state index >= 15 is 0 Å². The van der Waals surface area contributed by atoms with Crippen LogP contribution in [0.4, 0.5) is 0 Å². The lowest BCUT2D eigenvalue weighted by molar-refractivity contribution is -0.304. The first-order valence-electron chi connectivity index (χ1n) is 22.0. The number of esters is 2. The van der Waals surface area contributed by atoms with Gasteiger partial charge in [-0.05, 0) is 73.0 Å². The molecule has 0 aromatic carbocycles. The molecule has 1 aromatic heterocycles. The molecule has 0 aliphatic carbocycles. The maximum absolute atomic E-state index is 13.9.